The molecule has 5 aliphatic rings. The van der Waals surface area contributed by atoms with Crippen LogP contribution in [0.1, 0.15) is 43.7 Å². The highest BCUT2D eigenvalue weighted by Gasteiger charge is 2.66. The van der Waals surface area contributed by atoms with Crippen molar-refractivity contribution >= 4 is 17.1 Å². The van der Waals surface area contributed by atoms with Crippen LogP contribution < -0.4 is 4.90 Å². The third-order valence-electron chi connectivity index (χ3n) is 11.7. The standard InChI is InChI=1S/C45H37N/c1-3-10-31(11-4-1)33-18-22-37(23-19-33)46(38-24-20-34(21-25-38)32-12-5-2-6-13-32)43-17-9-15-40-39-14-7-8-16-41(39)45(44(40)43)36-27-30-26-35(29-36)42(45)28-30/h1-25,30,35-36,42H,26-29H2/i1D,3D,4D,10D,11D. The van der Waals surface area contributed by atoms with E-state index in [-0.39, 0.29) is 41.2 Å². The van der Waals surface area contributed by atoms with Crippen LogP contribution in [0.3, 0.4) is 0 Å². The number of hydrogen-bond donors (Lipinski definition) is 0. The predicted molar refractivity (Wildman–Crippen MR) is 191 cm³/mol. The lowest BCUT2D eigenvalue weighted by atomic mass is 9.59. The normalized spacial score (nSPS) is 26.2. The summed E-state index contributed by atoms with van der Waals surface area (Å²) in [6.45, 7) is 0. The Bertz CT molecular complexity index is 2320. The van der Waals surface area contributed by atoms with E-state index in [0.29, 0.717) is 17.4 Å². The van der Waals surface area contributed by atoms with Crippen LogP contribution in [0.15, 0.2) is 152 Å². The Balaban J connectivity index is 1.18. The first-order valence-electron chi connectivity index (χ1n) is 19.2. The monoisotopic (exact) mass is 596 g/mol. The first-order valence-corrected chi connectivity index (χ1v) is 16.7. The maximum atomic E-state index is 8.61. The van der Waals surface area contributed by atoms with E-state index in [1.165, 1.54) is 59.2 Å². The number of fused-ring (bicyclic) bond motifs is 3. The molecular weight excluding hydrogens is 555 g/mol. The molecule has 46 heavy (non-hydrogen) atoms. The molecule has 1 heteroatoms. The van der Waals surface area contributed by atoms with Gasteiger partial charge in [-0.15, -0.1) is 0 Å². The Labute approximate surface area is 279 Å². The molecule has 0 N–H and O–H groups in total. The number of hydrogen-bond acceptors (Lipinski definition) is 1. The fourth-order valence-electron chi connectivity index (χ4n) is 10.2. The van der Waals surface area contributed by atoms with Crippen LogP contribution in [0.5, 0.6) is 0 Å². The van der Waals surface area contributed by atoms with E-state index in [4.69, 9.17) is 6.85 Å². The summed E-state index contributed by atoms with van der Waals surface area (Å²) >= 11 is 0. The van der Waals surface area contributed by atoms with Gasteiger partial charge in [0.15, 0.2) is 0 Å². The van der Waals surface area contributed by atoms with E-state index < -0.39 is 0 Å². The molecule has 5 aliphatic carbocycles. The van der Waals surface area contributed by atoms with Crippen LogP contribution >= 0.6 is 0 Å². The summed E-state index contributed by atoms with van der Waals surface area (Å²) in [4.78, 5) is 2.39. The molecule has 0 aromatic heterocycles. The third kappa shape index (κ3) is 3.69. The van der Waals surface area contributed by atoms with Gasteiger partial charge in [-0.25, -0.2) is 0 Å². The van der Waals surface area contributed by atoms with Crippen molar-refractivity contribution in [3.05, 3.63) is 163 Å². The summed E-state index contributed by atoms with van der Waals surface area (Å²) in [5.74, 6) is 2.88. The van der Waals surface area contributed by atoms with Gasteiger partial charge in [0, 0.05) is 16.8 Å². The molecule has 1 spiro atoms. The van der Waals surface area contributed by atoms with Crippen LogP contribution in [0.2, 0.25) is 0 Å². The summed E-state index contributed by atoms with van der Waals surface area (Å²) in [7, 11) is 0. The molecule has 5 atom stereocenters. The van der Waals surface area contributed by atoms with Gasteiger partial charge in [-0.1, -0.05) is 121 Å². The van der Waals surface area contributed by atoms with Crippen molar-refractivity contribution in [1.82, 2.24) is 0 Å². The molecule has 4 bridgehead atoms. The van der Waals surface area contributed by atoms with Gasteiger partial charge in [-0.05, 0) is 124 Å². The quantitative estimate of drug-likeness (QED) is 0.191. The maximum absolute atomic E-state index is 8.61. The minimum absolute atomic E-state index is 0.0182. The molecule has 222 valence electrons. The lowest BCUT2D eigenvalue weighted by Crippen LogP contribution is -2.41. The van der Waals surface area contributed by atoms with Crippen molar-refractivity contribution in [3.8, 4) is 33.4 Å². The molecule has 0 aliphatic heterocycles. The van der Waals surface area contributed by atoms with Crippen molar-refractivity contribution in [2.24, 2.45) is 23.7 Å². The molecule has 0 amide bonds. The first-order chi connectivity index (χ1) is 24.9. The molecule has 1 nitrogen and oxygen atoms in total. The fraction of sp³-hybridized carbons (Fsp3) is 0.200. The fourth-order valence-corrected chi connectivity index (χ4v) is 10.2. The van der Waals surface area contributed by atoms with Crippen molar-refractivity contribution in [2.45, 2.75) is 31.1 Å². The van der Waals surface area contributed by atoms with E-state index in [2.05, 4.69) is 95.9 Å². The first kappa shape index (κ1) is 21.8. The predicted octanol–water partition coefficient (Wildman–Crippen LogP) is 11.8. The summed E-state index contributed by atoms with van der Waals surface area (Å²) in [5, 5.41) is 0. The molecule has 6 aromatic carbocycles. The highest BCUT2D eigenvalue weighted by atomic mass is 15.1. The smallest absolute Gasteiger partial charge is 0.0629 e. The minimum Gasteiger partial charge on any atom is -0.310 e. The molecule has 4 fully saturated rings. The van der Waals surface area contributed by atoms with E-state index in [1.807, 2.05) is 30.3 Å². The van der Waals surface area contributed by atoms with Crippen LogP contribution in [-0.4, -0.2) is 0 Å². The number of benzene rings is 6. The van der Waals surface area contributed by atoms with Gasteiger partial charge in [0.2, 0.25) is 0 Å². The highest BCUT2D eigenvalue weighted by Crippen LogP contribution is 2.74. The largest absolute Gasteiger partial charge is 0.310 e. The van der Waals surface area contributed by atoms with Gasteiger partial charge >= 0.3 is 0 Å². The topological polar surface area (TPSA) is 3.24 Å². The van der Waals surface area contributed by atoms with Crippen molar-refractivity contribution in [2.75, 3.05) is 4.90 Å². The third-order valence-corrected chi connectivity index (χ3v) is 11.7. The Morgan fingerprint density at radius 3 is 1.93 bits per heavy atom. The van der Waals surface area contributed by atoms with Crippen molar-refractivity contribution in [3.63, 3.8) is 0 Å². The van der Waals surface area contributed by atoms with Gasteiger partial charge in [0.05, 0.1) is 12.5 Å². The van der Waals surface area contributed by atoms with E-state index in [1.54, 1.807) is 0 Å². The van der Waals surface area contributed by atoms with Crippen LogP contribution in [0.25, 0.3) is 33.4 Å². The van der Waals surface area contributed by atoms with Gasteiger partial charge in [-0.2, -0.15) is 0 Å². The molecule has 0 radical (unpaired) electrons. The molecule has 11 rings (SSSR count). The second-order valence-corrected chi connectivity index (χ2v) is 13.8. The van der Waals surface area contributed by atoms with Gasteiger partial charge in [0.25, 0.3) is 0 Å². The van der Waals surface area contributed by atoms with Gasteiger partial charge < -0.3 is 4.90 Å². The SMILES string of the molecule is [2H]c1c([2H])c([2H])c(-c2ccc(N(c3ccc(-c4ccccc4)cc3)c3cccc4c3C3(c5ccccc5-4)C4CC5CC(C4)C3C5)cc2)c([2H])c1[2H]. The molecule has 5 unspecified atom stereocenters. The summed E-state index contributed by atoms with van der Waals surface area (Å²) in [6, 6.07) is 41.8. The Morgan fingerprint density at radius 2 is 1.20 bits per heavy atom. The molecule has 0 saturated heterocycles. The molecule has 6 aromatic rings. The van der Waals surface area contributed by atoms with Crippen LogP contribution in [0.4, 0.5) is 17.1 Å². The Hall–Kier alpha value is -4.88. The molecule has 4 saturated carbocycles. The second kappa shape index (κ2) is 10.1. The average molecular weight is 597 g/mol. The summed E-state index contributed by atoms with van der Waals surface area (Å²) in [6.07, 6.45) is 5.28. The van der Waals surface area contributed by atoms with Gasteiger partial charge in [-0.3, -0.25) is 0 Å². The minimum atomic E-state index is -0.377. The van der Waals surface area contributed by atoms with Crippen LogP contribution in [-0.2, 0) is 5.41 Å². The highest BCUT2D eigenvalue weighted by molar-refractivity contribution is 5.92. The molecular formula is C45H37N. The lowest BCUT2D eigenvalue weighted by molar-refractivity contribution is 0.191. The average Bonchev–Trinajstić information content (AvgIpc) is 3.72. The molecule has 0 heterocycles. The summed E-state index contributed by atoms with van der Waals surface area (Å²) in [5.41, 5.74) is 12.0. The van der Waals surface area contributed by atoms with Gasteiger partial charge in [0.1, 0.15) is 0 Å². The summed E-state index contributed by atoms with van der Waals surface area (Å²) < 4.78 is 41.8. The Kier molecular flexibility index (Phi) is 4.76. The second-order valence-electron chi connectivity index (χ2n) is 13.8. The van der Waals surface area contributed by atoms with E-state index >= 15 is 0 Å². The maximum Gasteiger partial charge on any atom is 0.0629 e. The zero-order valence-corrected chi connectivity index (χ0v) is 25.6. The Morgan fingerprint density at radius 1 is 0.543 bits per heavy atom. The number of nitrogens with zero attached hydrogens (tertiary/aromatic N) is 1. The number of rotatable bonds is 5. The van der Waals surface area contributed by atoms with Crippen LogP contribution in [0, 0.1) is 23.7 Å². The zero-order chi connectivity index (χ0) is 34.6. The van der Waals surface area contributed by atoms with Crippen molar-refractivity contribution < 1.29 is 6.85 Å². The lowest BCUT2D eigenvalue weighted by Gasteiger charge is -2.45. The van der Waals surface area contributed by atoms with E-state index in [0.717, 1.165) is 28.8 Å². The van der Waals surface area contributed by atoms with Crippen molar-refractivity contribution in [1.29, 1.82) is 0 Å². The van der Waals surface area contributed by atoms with E-state index in [9.17, 15) is 0 Å². The number of anilines is 3. The zero-order valence-electron chi connectivity index (χ0n) is 30.6.